The fourth-order valence-corrected chi connectivity index (χ4v) is 2.33. The summed E-state index contributed by atoms with van der Waals surface area (Å²) >= 11 is 13.3. The quantitative estimate of drug-likeness (QED) is 0.646. The van der Waals surface area contributed by atoms with Crippen molar-refractivity contribution in [3.8, 4) is 0 Å². The molecule has 5 heteroatoms. The molecule has 0 bridgehead atoms. The van der Waals surface area contributed by atoms with E-state index in [1.54, 1.807) is 24.0 Å². The van der Waals surface area contributed by atoms with Crippen LogP contribution in [-0.4, -0.2) is 22.5 Å². The van der Waals surface area contributed by atoms with Crippen molar-refractivity contribution in [3.05, 3.63) is 28.0 Å². The third-order valence-electron chi connectivity index (χ3n) is 1.60. The Hall–Kier alpha value is 0.0400. The number of hydrogen-bond donors (Lipinski definition) is 1. The second-order valence-electron chi connectivity index (χ2n) is 2.73. The van der Waals surface area contributed by atoms with E-state index in [1.807, 2.05) is 0 Å². The molecule has 0 fully saturated rings. The molecule has 0 spiro atoms. The second-order valence-corrected chi connectivity index (χ2v) is 4.63. The Morgan fingerprint density at radius 2 is 2.21 bits per heavy atom. The number of rotatable bonds is 5. The number of thioether (sulfide) groups is 1. The van der Waals surface area contributed by atoms with Crippen LogP contribution in [0.5, 0.6) is 0 Å². The predicted molar refractivity (Wildman–Crippen MR) is 62.1 cm³/mol. The SMILES string of the molecule is OCCCSCc1cnc(Cl)cc1Cl. The van der Waals surface area contributed by atoms with E-state index in [9.17, 15) is 0 Å². The normalized spacial score (nSPS) is 10.5. The second kappa shape index (κ2) is 6.51. The van der Waals surface area contributed by atoms with Gasteiger partial charge in [0.05, 0.1) is 0 Å². The molecule has 1 N–H and O–H groups in total. The molecule has 0 saturated heterocycles. The van der Waals surface area contributed by atoms with Crippen molar-refractivity contribution in [2.75, 3.05) is 12.4 Å². The number of nitrogens with zero attached hydrogens (tertiary/aromatic N) is 1. The molecule has 0 saturated carbocycles. The van der Waals surface area contributed by atoms with Crippen molar-refractivity contribution in [2.45, 2.75) is 12.2 Å². The molecule has 0 unspecified atom stereocenters. The van der Waals surface area contributed by atoms with Crippen molar-refractivity contribution >= 4 is 35.0 Å². The van der Waals surface area contributed by atoms with E-state index in [0.29, 0.717) is 10.2 Å². The molecule has 0 radical (unpaired) electrons. The van der Waals surface area contributed by atoms with E-state index in [1.165, 1.54) is 0 Å². The standard InChI is InChI=1S/C9H11Cl2NOS/c10-8-4-9(11)12-5-7(8)6-14-3-1-2-13/h4-5,13H,1-3,6H2. The van der Waals surface area contributed by atoms with E-state index in [-0.39, 0.29) is 6.61 Å². The summed E-state index contributed by atoms with van der Waals surface area (Å²) in [5.41, 5.74) is 0.985. The van der Waals surface area contributed by atoms with Crippen LogP contribution >= 0.6 is 35.0 Å². The Balaban J connectivity index is 2.42. The number of aliphatic hydroxyl groups excluding tert-OH is 1. The summed E-state index contributed by atoms with van der Waals surface area (Å²) in [7, 11) is 0. The number of pyridine rings is 1. The maximum absolute atomic E-state index is 8.59. The van der Waals surface area contributed by atoms with E-state index < -0.39 is 0 Å². The third-order valence-corrected chi connectivity index (χ3v) is 3.25. The highest BCUT2D eigenvalue weighted by molar-refractivity contribution is 7.98. The number of hydrogen-bond acceptors (Lipinski definition) is 3. The predicted octanol–water partition coefficient (Wildman–Crippen LogP) is 3.00. The summed E-state index contributed by atoms with van der Waals surface area (Å²) < 4.78 is 0. The van der Waals surface area contributed by atoms with Gasteiger partial charge in [-0.25, -0.2) is 4.98 Å². The van der Waals surface area contributed by atoms with Crippen LogP contribution in [0.3, 0.4) is 0 Å². The molecule has 0 aliphatic heterocycles. The average Bonchev–Trinajstić information content (AvgIpc) is 2.15. The molecule has 78 valence electrons. The van der Waals surface area contributed by atoms with Crippen LogP contribution < -0.4 is 0 Å². The number of halogens is 2. The van der Waals surface area contributed by atoms with Gasteiger partial charge in [0, 0.05) is 23.6 Å². The van der Waals surface area contributed by atoms with Gasteiger partial charge in [-0.3, -0.25) is 0 Å². The van der Waals surface area contributed by atoms with Crippen molar-refractivity contribution < 1.29 is 5.11 Å². The highest BCUT2D eigenvalue weighted by atomic mass is 35.5. The van der Waals surface area contributed by atoms with Crippen LogP contribution in [0.1, 0.15) is 12.0 Å². The topological polar surface area (TPSA) is 33.1 Å². The molecule has 0 aliphatic carbocycles. The fourth-order valence-electron chi connectivity index (χ4n) is 0.891. The van der Waals surface area contributed by atoms with Gasteiger partial charge in [-0.05, 0) is 23.8 Å². The Morgan fingerprint density at radius 1 is 1.43 bits per heavy atom. The molecule has 0 aromatic carbocycles. The Kier molecular flexibility index (Phi) is 5.63. The lowest BCUT2D eigenvalue weighted by Crippen LogP contribution is -1.89. The summed E-state index contributed by atoms with van der Waals surface area (Å²) in [6.45, 7) is 0.236. The van der Waals surface area contributed by atoms with Crippen LogP contribution in [-0.2, 0) is 5.75 Å². The molecule has 1 heterocycles. The van der Waals surface area contributed by atoms with Gasteiger partial charge in [-0.1, -0.05) is 23.2 Å². The van der Waals surface area contributed by atoms with Gasteiger partial charge in [-0.15, -0.1) is 0 Å². The minimum absolute atomic E-state index is 0.236. The molecular weight excluding hydrogens is 241 g/mol. The molecule has 14 heavy (non-hydrogen) atoms. The molecule has 1 rings (SSSR count). The van der Waals surface area contributed by atoms with Gasteiger partial charge >= 0.3 is 0 Å². The molecular formula is C9H11Cl2NOS. The lowest BCUT2D eigenvalue weighted by molar-refractivity contribution is 0.296. The lowest BCUT2D eigenvalue weighted by Gasteiger charge is -2.03. The van der Waals surface area contributed by atoms with Crippen molar-refractivity contribution in [3.63, 3.8) is 0 Å². The first-order chi connectivity index (χ1) is 6.74. The van der Waals surface area contributed by atoms with Crippen LogP contribution in [0.4, 0.5) is 0 Å². The van der Waals surface area contributed by atoms with E-state index in [2.05, 4.69) is 4.98 Å². The summed E-state index contributed by atoms with van der Waals surface area (Å²) in [6.07, 6.45) is 2.50. The minimum Gasteiger partial charge on any atom is -0.396 e. The largest absolute Gasteiger partial charge is 0.396 e. The van der Waals surface area contributed by atoms with Gasteiger partial charge < -0.3 is 5.11 Å². The molecule has 1 aromatic rings. The molecule has 1 aromatic heterocycles. The van der Waals surface area contributed by atoms with Crippen LogP contribution in [0.15, 0.2) is 12.3 Å². The number of aromatic nitrogens is 1. The van der Waals surface area contributed by atoms with Crippen LogP contribution in [0.25, 0.3) is 0 Å². The van der Waals surface area contributed by atoms with Crippen LogP contribution in [0.2, 0.25) is 10.2 Å². The third kappa shape index (κ3) is 4.05. The summed E-state index contributed by atoms with van der Waals surface area (Å²) in [5.74, 6) is 1.73. The summed E-state index contributed by atoms with van der Waals surface area (Å²) in [6, 6.07) is 1.64. The first-order valence-electron chi connectivity index (χ1n) is 4.22. The maximum atomic E-state index is 8.59. The zero-order valence-corrected chi connectivity index (χ0v) is 9.87. The average molecular weight is 252 g/mol. The van der Waals surface area contributed by atoms with Gasteiger partial charge in [0.25, 0.3) is 0 Å². The Bertz CT molecular complexity index is 296. The minimum atomic E-state index is 0.236. The first-order valence-corrected chi connectivity index (χ1v) is 6.13. The summed E-state index contributed by atoms with van der Waals surface area (Å²) in [5, 5.41) is 9.66. The molecule has 0 atom stereocenters. The highest BCUT2D eigenvalue weighted by Gasteiger charge is 2.01. The summed E-state index contributed by atoms with van der Waals surface area (Å²) in [4.78, 5) is 3.96. The van der Waals surface area contributed by atoms with Gasteiger partial charge in [0.15, 0.2) is 0 Å². The van der Waals surface area contributed by atoms with Gasteiger partial charge in [0.1, 0.15) is 5.15 Å². The van der Waals surface area contributed by atoms with E-state index in [4.69, 9.17) is 28.3 Å². The maximum Gasteiger partial charge on any atom is 0.130 e. The van der Waals surface area contributed by atoms with E-state index in [0.717, 1.165) is 23.5 Å². The van der Waals surface area contributed by atoms with Crippen molar-refractivity contribution in [1.29, 1.82) is 0 Å². The fraction of sp³-hybridized carbons (Fsp3) is 0.444. The van der Waals surface area contributed by atoms with Gasteiger partial charge in [0.2, 0.25) is 0 Å². The molecule has 0 aliphatic rings. The zero-order chi connectivity index (χ0) is 10.4. The van der Waals surface area contributed by atoms with Crippen molar-refractivity contribution in [2.24, 2.45) is 0 Å². The zero-order valence-electron chi connectivity index (χ0n) is 7.54. The van der Waals surface area contributed by atoms with Gasteiger partial charge in [-0.2, -0.15) is 11.8 Å². The van der Waals surface area contributed by atoms with Crippen LogP contribution in [0, 0.1) is 0 Å². The molecule has 0 amide bonds. The Labute approximate surface area is 97.6 Å². The molecule has 2 nitrogen and oxygen atoms in total. The lowest BCUT2D eigenvalue weighted by atomic mass is 10.3. The monoisotopic (exact) mass is 251 g/mol. The highest BCUT2D eigenvalue weighted by Crippen LogP contribution is 2.22. The Morgan fingerprint density at radius 3 is 2.86 bits per heavy atom. The smallest absolute Gasteiger partial charge is 0.130 e. The first kappa shape index (κ1) is 12.1. The van der Waals surface area contributed by atoms with E-state index >= 15 is 0 Å². The van der Waals surface area contributed by atoms with Crippen molar-refractivity contribution in [1.82, 2.24) is 4.98 Å². The number of aliphatic hydroxyl groups is 1.